The Hall–Kier alpha value is -2.62. The highest BCUT2D eigenvalue weighted by atomic mass is 16.5. The lowest BCUT2D eigenvalue weighted by molar-refractivity contribution is 0.526. The van der Waals surface area contributed by atoms with Gasteiger partial charge in [-0.3, -0.25) is 5.32 Å². The van der Waals surface area contributed by atoms with Crippen LogP contribution in [-0.2, 0) is 0 Å². The molecule has 0 unspecified atom stereocenters. The molecule has 0 saturated carbocycles. The predicted molar refractivity (Wildman–Crippen MR) is 75.5 cm³/mol. The predicted octanol–water partition coefficient (Wildman–Crippen LogP) is 2.43. The molecule has 94 valence electrons. The minimum Gasteiger partial charge on any atom is -0.426 e. The Kier molecular flexibility index (Phi) is 3.23. The second-order valence-corrected chi connectivity index (χ2v) is 4.02. The second kappa shape index (κ2) is 5.35. The molecular formula is C15H13N3O. The number of ether oxygens (including phenoxy) is 1. The number of nitrogens with zero attached hydrogens (tertiary/aromatic N) is 2. The van der Waals surface area contributed by atoms with E-state index in [4.69, 9.17) is 4.74 Å². The fraction of sp³-hybridized carbons (Fsp3) is 0.0667. The molecule has 4 heteroatoms. The molecule has 1 aliphatic heterocycles. The first-order valence-corrected chi connectivity index (χ1v) is 6.06. The van der Waals surface area contributed by atoms with Crippen molar-refractivity contribution in [3.05, 3.63) is 66.2 Å². The van der Waals surface area contributed by atoms with Gasteiger partial charge in [0.25, 0.3) is 6.02 Å². The number of rotatable bonds is 2. The molecule has 19 heavy (non-hydrogen) atoms. The third kappa shape index (κ3) is 2.80. The number of amidine groups is 2. The monoisotopic (exact) mass is 251 g/mol. The largest absolute Gasteiger partial charge is 0.426 e. The van der Waals surface area contributed by atoms with E-state index in [2.05, 4.69) is 15.3 Å². The third-order valence-electron chi connectivity index (χ3n) is 2.67. The van der Waals surface area contributed by atoms with E-state index in [9.17, 15) is 0 Å². The summed E-state index contributed by atoms with van der Waals surface area (Å²) in [6.45, 7) is 0.374. The van der Waals surface area contributed by atoms with Crippen LogP contribution in [-0.4, -0.2) is 18.5 Å². The van der Waals surface area contributed by atoms with Gasteiger partial charge in [0.1, 0.15) is 18.3 Å². The van der Waals surface area contributed by atoms with Crippen molar-refractivity contribution in [2.75, 3.05) is 6.67 Å². The minimum absolute atomic E-state index is 0.374. The maximum atomic E-state index is 5.67. The quantitative estimate of drug-likeness (QED) is 0.891. The molecule has 2 aromatic rings. The topological polar surface area (TPSA) is 46.0 Å². The van der Waals surface area contributed by atoms with Crippen LogP contribution in [0.3, 0.4) is 0 Å². The van der Waals surface area contributed by atoms with Crippen LogP contribution >= 0.6 is 0 Å². The number of benzene rings is 2. The summed E-state index contributed by atoms with van der Waals surface area (Å²) in [6.07, 6.45) is 0. The summed E-state index contributed by atoms with van der Waals surface area (Å²) in [5.74, 6) is 1.53. The van der Waals surface area contributed by atoms with Crippen LogP contribution in [0.15, 0.2) is 70.6 Å². The Labute approximate surface area is 111 Å². The standard InChI is InChI=1S/C15H13N3O/c1-3-7-12(8-4-1)14-16-11-17-15(18-14)19-13-9-5-2-6-10-13/h1-10H,11H2,(H,16,17,18). The zero-order chi connectivity index (χ0) is 12.9. The van der Waals surface area contributed by atoms with E-state index in [1.807, 2.05) is 60.7 Å². The Bertz CT molecular complexity index is 606. The molecule has 0 radical (unpaired) electrons. The first-order chi connectivity index (χ1) is 9.42. The molecule has 0 aromatic heterocycles. The summed E-state index contributed by atoms with van der Waals surface area (Å²) in [5, 5.41) is 3.10. The highest BCUT2D eigenvalue weighted by Crippen LogP contribution is 2.10. The normalized spacial score (nSPS) is 14.1. The molecule has 0 atom stereocenters. The highest BCUT2D eigenvalue weighted by molar-refractivity contribution is 6.08. The Morgan fingerprint density at radius 1 is 0.842 bits per heavy atom. The molecule has 2 aromatic carbocycles. The van der Waals surface area contributed by atoms with E-state index in [0.29, 0.717) is 12.7 Å². The van der Waals surface area contributed by atoms with Crippen molar-refractivity contribution in [3.8, 4) is 5.75 Å². The third-order valence-corrected chi connectivity index (χ3v) is 2.67. The van der Waals surface area contributed by atoms with Crippen molar-refractivity contribution in [2.24, 2.45) is 9.98 Å². The maximum absolute atomic E-state index is 5.67. The molecule has 0 spiro atoms. The van der Waals surface area contributed by atoms with Crippen molar-refractivity contribution < 1.29 is 4.74 Å². The van der Waals surface area contributed by atoms with Crippen LogP contribution in [0.5, 0.6) is 5.75 Å². The van der Waals surface area contributed by atoms with Gasteiger partial charge in [-0.25, -0.2) is 9.98 Å². The zero-order valence-electron chi connectivity index (χ0n) is 10.3. The van der Waals surface area contributed by atoms with Gasteiger partial charge in [0.2, 0.25) is 0 Å². The highest BCUT2D eigenvalue weighted by Gasteiger charge is 2.12. The SMILES string of the molecule is c1ccc(OC2=NCN=C(c3ccccc3)N2)cc1. The number of nitrogens with one attached hydrogen (secondary N) is 1. The smallest absolute Gasteiger partial charge is 0.297 e. The molecule has 0 aliphatic carbocycles. The van der Waals surface area contributed by atoms with Gasteiger partial charge in [0, 0.05) is 5.56 Å². The first kappa shape index (κ1) is 11.5. The van der Waals surface area contributed by atoms with E-state index >= 15 is 0 Å². The van der Waals surface area contributed by atoms with Crippen LogP contribution in [0.1, 0.15) is 5.56 Å². The fourth-order valence-corrected chi connectivity index (χ4v) is 1.77. The molecule has 0 saturated heterocycles. The summed E-state index contributed by atoms with van der Waals surface area (Å²) in [7, 11) is 0. The van der Waals surface area contributed by atoms with E-state index in [-0.39, 0.29) is 0 Å². The molecule has 0 bridgehead atoms. The van der Waals surface area contributed by atoms with E-state index < -0.39 is 0 Å². The molecule has 4 nitrogen and oxygen atoms in total. The van der Waals surface area contributed by atoms with Crippen LogP contribution in [0.2, 0.25) is 0 Å². The van der Waals surface area contributed by atoms with Crippen molar-refractivity contribution >= 4 is 11.9 Å². The van der Waals surface area contributed by atoms with Crippen LogP contribution < -0.4 is 10.1 Å². The lowest BCUT2D eigenvalue weighted by Gasteiger charge is -2.16. The van der Waals surface area contributed by atoms with E-state index in [1.165, 1.54) is 0 Å². The van der Waals surface area contributed by atoms with Gasteiger partial charge in [-0.1, -0.05) is 48.5 Å². The average molecular weight is 251 g/mol. The summed E-state index contributed by atoms with van der Waals surface area (Å²) in [5.41, 5.74) is 1.02. The minimum atomic E-state index is 0.374. The van der Waals surface area contributed by atoms with Crippen LogP contribution in [0.25, 0.3) is 0 Å². The second-order valence-electron chi connectivity index (χ2n) is 4.02. The van der Waals surface area contributed by atoms with Crippen LogP contribution in [0, 0.1) is 0 Å². The number of hydrogen-bond acceptors (Lipinski definition) is 4. The molecule has 1 heterocycles. The van der Waals surface area contributed by atoms with Crippen molar-refractivity contribution in [1.82, 2.24) is 5.32 Å². The van der Waals surface area contributed by atoms with Gasteiger partial charge < -0.3 is 4.74 Å². The Morgan fingerprint density at radius 2 is 1.53 bits per heavy atom. The molecule has 1 aliphatic rings. The fourth-order valence-electron chi connectivity index (χ4n) is 1.77. The van der Waals surface area contributed by atoms with Gasteiger partial charge in [0.15, 0.2) is 0 Å². The summed E-state index contributed by atoms with van der Waals surface area (Å²) in [6, 6.07) is 20.0. The molecular weight excluding hydrogens is 238 g/mol. The molecule has 3 rings (SSSR count). The van der Waals surface area contributed by atoms with Crippen molar-refractivity contribution in [1.29, 1.82) is 0 Å². The number of hydrogen-bond donors (Lipinski definition) is 1. The van der Waals surface area contributed by atoms with Gasteiger partial charge in [-0.15, -0.1) is 0 Å². The van der Waals surface area contributed by atoms with E-state index in [0.717, 1.165) is 17.1 Å². The van der Waals surface area contributed by atoms with Gasteiger partial charge in [-0.05, 0) is 12.1 Å². The lowest BCUT2D eigenvalue weighted by atomic mass is 10.2. The van der Waals surface area contributed by atoms with E-state index in [1.54, 1.807) is 0 Å². The van der Waals surface area contributed by atoms with Gasteiger partial charge in [0.05, 0.1) is 0 Å². The number of aliphatic imine (C=N–C) groups is 2. The molecule has 0 fully saturated rings. The molecule has 1 N–H and O–H groups in total. The Morgan fingerprint density at radius 3 is 2.26 bits per heavy atom. The Balaban J connectivity index is 1.72. The lowest BCUT2D eigenvalue weighted by Crippen LogP contribution is -2.38. The summed E-state index contributed by atoms with van der Waals surface area (Å²) in [4.78, 5) is 8.53. The van der Waals surface area contributed by atoms with Crippen LogP contribution in [0.4, 0.5) is 0 Å². The molecule has 0 amide bonds. The zero-order valence-corrected chi connectivity index (χ0v) is 10.3. The van der Waals surface area contributed by atoms with Crippen molar-refractivity contribution in [2.45, 2.75) is 0 Å². The number of para-hydroxylation sites is 1. The van der Waals surface area contributed by atoms with Gasteiger partial charge in [-0.2, -0.15) is 0 Å². The maximum Gasteiger partial charge on any atom is 0.297 e. The first-order valence-electron chi connectivity index (χ1n) is 6.06. The van der Waals surface area contributed by atoms with Gasteiger partial charge >= 0.3 is 0 Å². The average Bonchev–Trinajstić information content (AvgIpc) is 2.49. The summed E-state index contributed by atoms with van der Waals surface area (Å²) >= 11 is 0. The van der Waals surface area contributed by atoms with Crippen molar-refractivity contribution in [3.63, 3.8) is 0 Å². The summed E-state index contributed by atoms with van der Waals surface area (Å²) < 4.78 is 5.67.